The van der Waals surface area contributed by atoms with Crippen molar-refractivity contribution in [3.05, 3.63) is 77.9 Å². The lowest BCUT2D eigenvalue weighted by molar-refractivity contribution is 0.100. The zero-order chi connectivity index (χ0) is 21.6. The van der Waals surface area contributed by atoms with Crippen molar-refractivity contribution in [2.24, 2.45) is 5.73 Å². The third kappa shape index (κ3) is 5.35. The molecule has 3 aromatic rings. The van der Waals surface area contributed by atoms with Gasteiger partial charge in [0.25, 0.3) is 5.91 Å². The molecule has 160 valence electrons. The van der Waals surface area contributed by atoms with Gasteiger partial charge in [-0.3, -0.25) is 14.8 Å². The van der Waals surface area contributed by atoms with Gasteiger partial charge in [-0.15, -0.1) is 0 Å². The van der Waals surface area contributed by atoms with Crippen molar-refractivity contribution in [1.29, 1.82) is 0 Å². The number of aromatic nitrogens is 2. The molecular weight excluding hydrogens is 397 g/mol. The summed E-state index contributed by atoms with van der Waals surface area (Å²) >= 11 is 0. The smallest absolute Gasteiger partial charge is 0.252 e. The Balaban J connectivity index is 1.48. The summed E-state index contributed by atoms with van der Waals surface area (Å²) < 4.78 is 20.0. The van der Waals surface area contributed by atoms with Crippen molar-refractivity contribution >= 4 is 11.6 Å². The van der Waals surface area contributed by atoms with Crippen LogP contribution in [-0.2, 0) is 6.42 Å². The van der Waals surface area contributed by atoms with Crippen LogP contribution in [0.4, 0.5) is 10.1 Å². The minimum absolute atomic E-state index is 0.259. The second-order valence-corrected chi connectivity index (χ2v) is 7.46. The Morgan fingerprint density at radius 2 is 2.06 bits per heavy atom. The Bertz CT molecular complexity index is 1030. The predicted octanol–water partition coefficient (Wildman–Crippen LogP) is 3.07. The van der Waals surface area contributed by atoms with Crippen LogP contribution in [0.2, 0.25) is 0 Å². The summed E-state index contributed by atoms with van der Waals surface area (Å²) in [4.78, 5) is 20.2. The molecule has 4 N–H and O–H groups in total. The Morgan fingerprint density at radius 3 is 2.77 bits per heavy atom. The fourth-order valence-corrected chi connectivity index (χ4v) is 3.52. The van der Waals surface area contributed by atoms with Crippen LogP contribution in [0, 0.1) is 0 Å². The number of pyridine rings is 2. The number of piperidine rings is 1. The average Bonchev–Trinajstić information content (AvgIpc) is 2.77. The fraction of sp³-hybridized carbons (Fsp3) is 0.261. The van der Waals surface area contributed by atoms with Crippen LogP contribution in [0.3, 0.4) is 0 Å². The van der Waals surface area contributed by atoms with E-state index in [-0.39, 0.29) is 18.2 Å². The lowest BCUT2D eigenvalue weighted by atomic mass is 10.0. The van der Waals surface area contributed by atoms with Gasteiger partial charge in [-0.25, -0.2) is 4.39 Å². The van der Waals surface area contributed by atoms with E-state index in [0.29, 0.717) is 30.0 Å². The first kappa shape index (κ1) is 20.7. The molecule has 0 radical (unpaired) electrons. The highest BCUT2D eigenvalue weighted by Crippen LogP contribution is 2.24. The minimum Gasteiger partial charge on any atom is -0.456 e. The van der Waals surface area contributed by atoms with Gasteiger partial charge in [0, 0.05) is 31.1 Å². The number of carbonyl (C=O) groups excluding carboxylic acids is 1. The van der Waals surface area contributed by atoms with E-state index in [0.717, 1.165) is 17.8 Å². The highest BCUT2D eigenvalue weighted by molar-refractivity contribution is 5.98. The third-order valence-electron chi connectivity index (χ3n) is 5.15. The highest BCUT2D eigenvalue weighted by Gasteiger charge is 2.25. The molecule has 0 spiro atoms. The number of ether oxygens (including phenoxy) is 1. The molecular formula is C23H24FN5O2. The van der Waals surface area contributed by atoms with Gasteiger partial charge in [0.2, 0.25) is 0 Å². The van der Waals surface area contributed by atoms with Gasteiger partial charge in [0.15, 0.2) is 0 Å². The summed E-state index contributed by atoms with van der Waals surface area (Å²) in [6, 6.07) is 12.7. The number of anilines is 1. The predicted molar refractivity (Wildman–Crippen MR) is 116 cm³/mol. The summed E-state index contributed by atoms with van der Waals surface area (Å²) in [5, 5.41) is 6.18. The Kier molecular flexibility index (Phi) is 6.37. The van der Waals surface area contributed by atoms with Crippen molar-refractivity contribution in [2.45, 2.75) is 25.1 Å². The number of primary amides is 1. The normalized spacial score (nSPS) is 18.4. The molecule has 0 saturated carbocycles. The van der Waals surface area contributed by atoms with Crippen molar-refractivity contribution < 1.29 is 13.9 Å². The number of carbonyl (C=O) groups is 1. The molecule has 1 fully saturated rings. The monoisotopic (exact) mass is 421 g/mol. The molecule has 7 nitrogen and oxygen atoms in total. The SMILES string of the molecule is NC(=O)c1cnc(Cc2ccc(Oc3cccnc3)cc2)cc1N[C@@H]1CCNC[C@@H]1F. The molecule has 31 heavy (non-hydrogen) atoms. The first-order valence-corrected chi connectivity index (χ1v) is 10.2. The minimum atomic E-state index is -1.04. The van der Waals surface area contributed by atoms with Gasteiger partial charge in [-0.1, -0.05) is 12.1 Å². The van der Waals surface area contributed by atoms with Crippen LogP contribution in [0.1, 0.15) is 28.0 Å². The number of hydrogen-bond acceptors (Lipinski definition) is 6. The fourth-order valence-electron chi connectivity index (χ4n) is 3.52. The molecule has 3 heterocycles. The number of hydrogen-bond donors (Lipinski definition) is 3. The van der Waals surface area contributed by atoms with Crippen LogP contribution in [0.15, 0.2) is 61.1 Å². The van der Waals surface area contributed by atoms with Gasteiger partial charge in [0.05, 0.1) is 23.5 Å². The van der Waals surface area contributed by atoms with Crippen molar-refractivity contribution in [1.82, 2.24) is 15.3 Å². The maximum Gasteiger partial charge on any atom is 0.252 e. The van der Waals surface area contributed by atoms with Crippen LogP contribution in [0.25, 0.3) is 0 Å². The Hall–Kier alpha value is -3.52. The average molecular weight is 421 g/mol. The number of amides is 1. The zero-order valence-electron chi connectivity index (χ0n) is 16.9. The number of halogens is 1. The molecule has 0 unspecified atom stereocenters. The number of alkyl halides is 1. The standard InChI is InChI=1S/C23H24FN5O2/c24-20-14-27-9-7-21(20)29-22-11-16(28-13-19(22)23(25)30)10-15-3-5-17(6-4-15)31-18-2-1-8-26-12-18/h1-6,8,11-13,20-21,27H,7,9-10,14H2,(H2,25,30)(H,28,29)/t20-,21+/m0/s1. The first-order chi connectivity index (χ1) is 15.1. The lowest BCUT2D eigenvalue weighted by Gasteiger charge is -2.29. The first-order valence-electron chi connectivity index (χ1n) is 10.2. The summed E-state index contributed by atoms with van der Waals surface area (Å²) in [6.45, 7) is 1.00. The van der Waals surface area contributed by atoms with E-state index in [9.17, 15) is 9.18 Å². The summed E-state index contributed by atoms with van der Waals surface area (Å²) in [7, 11) is 0. The molecule has 4 rings (SSSR count). The number of benzene rings is 1. The van der Waals surface area contributed by atoms with Crippen molar-refractivity contribution in [3.63, 3.8) is 0 Å². The van der Waals surface area contributed by atoms with Crippen LogP contribution < -0.4 is 21.1 Å². The summed E-state index contributed by atoms with van der Waals surface area (Å²) in [5.41, 5.74) is 8.04. The quantitative estimate of drug-likeness (QED) is 0.542. The molecule has 8 heteroatoms. The zero-order valence-corrected chi connectivity index (χ0v) is 16.9. The van der Waals surface area contributed by atoms with E-state index in [1.165, 1.54) is 6.20 Å². The lowest BCUT2D eigenvalue weighted by Crippen LogP contribution is -2.45. The van der Waals surface area contributed by atoms with E-state index in [1.807, 2.05) is 36.4 Å². The van der Waals surface area contributed by atoms with Gasteiger partial charge in [-0.2, -0.15) is 0 Å². The van der Waals surface area contributed by atoms with Gasteiger partial charge in [-0.05, 0) is 48.9 Å². The number of nitrogens with two attached hydrogens (primary N) is 1. The molecule has 0 aliphatic carbocycles. The molecule has 1 amide bonds. The second-order valence-electron chi connectivity index (χ2n) is 7.46. The van der Waals surface area contributed by atoms with Crippen LogP contribution in [0.5, 0.6) is 11.5 Å². The molecule has 0 bridgehead atoms. The van der Waals surface area contributed by atoms with Crippen LogP contribution in [-0.4, -0.2) is 41.2 Å². The van der Waals surface area contributed by atoms with Gasteiger partial charge in [0.1, 0.15) is 17.7 Å². The Morgan fingerprint density at radius 1 is 1.23 bits per heavy atom. The number of nitrogens with zero attached hydrogens (tertiary/aromatic N) is 2. The molecule has 1 saturated heterocycles. The van der Waals surface area contributed by atoms with E-state index >= 15 is 0 Å². The molecule has 2 atom stereocenters. The maximum atomic E-state index is 14.2. The number of rotatable bonds is 7. The van der Waals surface area contributed by atoms with E-state index in [1.54, 1.807) is 18.5 Å². The van der Waals surface area contributed by atoms with E-state index < -0.39 is 12.1 Å². The molecule has 1 aliphatic heterocycles. The van der Waals surface area contributed by atoms with Gasteiger partial charge >= 0.3 is 0 Å². The molecule has 1 aliphatic rings. The van der Waals surface area contributed by atoms with E-state index in [2.05, 4.69) is 20.6 Å². The summed E-state index contributed by atoms with van der Waals surface area (Å²) in [5.74, 6) is 0.776. The van der Waals surface area contributed by atoms with Crippen LogP contribution >= 0.6 is 0 Å². The Labute approximate surface area is 179 Å². The molecule has 1 aromatic carbocycles. The van der Waals surface area contributed by atoms with Crippen molar-refractivity contribution in [2.75, 3.05) is 18.4 Å². The van der Waals surface area contributed by atoms with Gasteiger partial charge < -0.3 is 21.1 Å². The summed E-state index contributed by atoms with van der Waals surface area (Å²) in [6.07, 6.45) is 4.92. The van der Waals surface area contributed by atoms with E-state index in [4.69, 9.17) is 10.5 Å². The topological polar surface area (TPSA) is 102 Å². The third-order valence-corrected chi connectivity index (χ3v) is 5.15. The largest absolute Gasteiger partial charge is 0.456 e. The number of nitrogens with one attached hydrogen (secondary N) is 2. The second kappa shape index (κ2) is 9.53. The highest BCUT2D eigenvalue weighted by atomic mass is 19.1. The van der Waals surface area contributed by atoms with Crippen molar-refractivity contribution in [3.8, 4) is 11.5 Å². The maximum absolute atomic E-state index is 14.2. The molecule has 2 aromatic heterocycles.